The second-order valence-corrected chi connectivity index (χ2v) is 4.66. The van der Waals surface area contributed by atoms with Gasteiger partial charge in [-0.25, -0.2) is 0 Å². The molecule has 0 aliphatic carbocycles. The molecule has 0 bridgehead atoms. The van der Waals surface area contributed by atoms with Crippen molar-refractivity contribution >= 4 is 11.9 Å². The van der Waals surface area contributed by atoms with Gasteiger partial charge in [0.15, 0.2) is 11.5 Å². The first-order valence-corrected chi connectivity index (χ1v) is 6.36. The smallest absolute Gasteiger partial charge is 0.310 e. The third-order valence-corrected chi connectivity index (χ3v) is 2.99. The maximum atomic E-state index is 12.2. The van der Waals surface area contributed by atoms with E-state index in [1.807, 2.05) is 0 Å². The predicted octanol–water partition coefficient (Wildman–Crippen LogP) is 1.82. The molecule has 7 nitrogen and oxygen atoms in total. The van der Waals surface area contributed by atoms with Crippen LogP contribution in [-0.4, -0.2) is 42.6 Å². The van der Waals surface area contributed by atoms with E-state index in [0.717, 1.165) is 0 Å². The molecule has 0 aliphatic heterocycles. The van der Waals surface area contributed by atoms with Crippen LogP contribution in [0.3, 0.4) is 0 Å². The zero-order valence-corrected chi connectivity index (χ0v) is 12.0. The van der Waals surface area contributed by atoms with Gasteiger partial charge in [-0.1, -0.05) is 12.1 Å². The van der Waals surface area contributed by atoms with E-state index in [1.54, 1.807) is 26.1 Å². The van der Waals surface area contributed by atoms with E-state index < -0.39 is 5.92 Å². The van der Waals surface area contributed by atoms with Gasteiger partial charge >= 0.3 is 5.97 Å². The Morgan fingerprint density at radius 3 is 2.81 bits per heavy atom. The summed E-state index contributed by atoms with van der Waals surface area (Å²) in [5.41, 5.74) is 0.154. The van der Waals surface area contributed by atoms with Crippen LogP contribution in [0.2, 0.25) is 0 Å². The molecule has 0 N–H and O–H groups in total. The molecular weight excluding hydrogens is 276 g/mol. The molecule has 0 saturated heterocycles. The zero-order valence-electron chi connectivity index (χ0n) is 12.0. The van der Waals surface area contributed by atoms with Crippen molar-refractivity contribution in [2.45, 2.75) is 6.92 Å². The fourth-order valence-corrected chi connectivity index (χ4v) is 1.88. The second kappa shape index (κ2) is 6.25. The summed E-state index contributed by atoms with van der Waals surface area (Å²) >= 11 is 0. The third kappa shape index (κ3) is 3.31. The van der Waals surface area contributed by atoms with Gasteiger partial charge in [0.1, 0.15) is 0 Å². The summed E-state index contributed by atoms with van der Waals surface area (Å²) < 4.78 is 14.9. The number of hydrogen-bond acceptors (Lipinski definition) is 6. The van der Waals surface area contributed by atoms with E-state index in [1.165, 1.54) is 24.3 Å². The van der Waals surface area contributed by atoms with Crippen molar-refractivity contribution in [3.05, 3.63) is 30.2 Å². The number of amides is 1. The van der Waals surface area contributed by atoms with Gasteiger partial charge in [-0.3, -0.25) is 9.59 Å². The first-order valence-electron chi connectivity index (χ1n) is 6.36. The molecule has 2 aromatic rings. The highest BCUT2D eigenvalue weighted by Gasteiger charge is 2.22. The number of rotatable bonds is 5. The maximum absolute atomic E-state index is 12.2. The van der Waals surface area contributed by atoms with Crippen LogP contribution >= 0.6 is 0 Å². The van der Waals surface area contributed by atoms with Crippen LogP contribution in [-0.2, 0) is 9.53 Å². The van der Waals surface area contributed by atoms with E-state index in [-0.39, 0.29) is 24.1 Å². The molecule has 0 spiro atoms. The number of furan rings is 1. The summed E-state index contributed by atoms with van der Waals surface area (Å²) in [6.07, 6.45) is 1.50. The van der Waals surface area contributed by atoms with Crippen LogP contribution < -0.4 is 0 Å². The fourth-order valence-electron chi connectivity index (χ4n) is 1.88. The van der Waals surface area contributed by atoms with Gasteiger partial charge in [0.2, 0.25) is 5.76 Å². The highest BCUT2D eigenvalue weighted by molar-refractivity contribution is 5.93. The summed E-state index contributed by atoms with van der Waals surface area (Å²) in [7, 11) is 2.90. The lowest BCUT2D eigenvalue weighted by molar-refractivity contribution is -0.145. The maximum Gasteiger partial charge on any atom is 0.310 e. The molecule has 1 atom stereocenters. The SMILES string of the molecule is COC(=O)C(C)CN(C)C(=O)c1cc(-c2ccco2)on1. The molecule has 112 valence electrons. The average molecular weight is 292 g/mol. The second-order valence-electron chi connectivity index (χ2n) is 4.66. The molecule has 1 amide bonds. The van der Waals surface area contributed by atoms with Crippen LogP contribution in [0.4, 0.5) is 0 Å². The minimum Gasteiger partial charge on any atom is -0.469 e. The standard InChI is InChI=1S/C14H16N2O5/c1-9(14(18)19-3)8-16(2)13(17)10-7-12(21-15-10)11-5-4-6-20-11/h4-7,9H,8H2,1-3H3. The van der Waals surface area contributed by atoms with Crippen molar-refractivity contribution in [2.24, 2.45) is 5.92 Å². The quantitative estimate of drug-likeness (QED) is 0.781. The van der Waals surface area contributed by atoms with E-state index in [0.29, 0.717) is 11.5 Å². The molecule has 21 heavy (non-hydrogen) atoms. The Kier molecular flexibility index (Phi) is 4.42. The van der Waals surface area contributed by atoms with E-state index in [4.69, 9.17) is 8.94 Å². The van der Waals surface area contributed by atoms with Gasteiger partial charge in [0, 0.05) is 19.7 Å². The molecule has 0 aliphatic rings. The summed E-state index contributed by atoms with van der Waals surface area (Å²) in [6, 6.07) is 4.92. The molecular formula is C14H16N2O5. The molecule has 0 aromatic carbocycles. The normalized spacial score (nSPS) is 12.0. The van der Waals surface area contributed by atoms with Gasteiger partial charge < -0.3 is 18.6 Å². The van der Waals surface area contributed by atoms with Gasteiger partial charge in [-0.15, -0.1) is 0 Å². The summed E-state index contributed by atoms with van der Waals surface area (Å²) in [5.74, 6) is -0.260. The number of carbonyl (C=O) groups is 2. The zero-order chi connectivity index (χ0) is 15.4. The van der Waals surface area contributed by atoms with Crippen LogP contribution in [0.25, 0.3) is 11.5 Å². The first kappa shape index (κ1) is 14.8. The molecule has 1 unspecified atom stereocenters. The molecule has 0 fully saturated rings. The number of esters is 1. The monoisotopic (exact) mass is 292 g/mol. The van der Waals surface area contributed by atoms with E-state index in [2.05, 4.69) is 9.89 Å². The largest absolute Gasteiger partial charge is 0.469 e. The number of aromatic nitrogens is 1. The molecule has 2 heterocycles. The number of methoxy groups -OCH3 is 1. The minimum absolute atomic E-state index is 0.154. The Labute approximate surface area is 121 Å². The van der Waals surface area contributed by atoms with Crippen molar-refractivity contribution in [3.63, 3.8) is 0 Å². The molecule has 7 heteroatoms. The Hall–Kier alpha value is -2.57. The van der Waals surface area contributed by atoms with Crippen molar-refractivity contribution in [2.75, 3.05) is 20.7 Å². The molecule has 0 radical (unpaired) electrons. The topological polar surface area (TPSA) is 85.8 Å². The summed E-state index contributed by atoms with van der Waals surface area (Å²) in [6.45, 7) is 1.92. The van der Waals surface area contributed by atoms with Crippen molar-refractivity contribution in [1.29, 1.82) is 0 Å². The summed E-state index contributed by atoms with van der Waals surface area (Å²) in [4.78, 5) is 24.9. The first-order chi connectivity index (χ1) is 10.0. The van der Waals surface area contributed by atoms with Gasteiger partial charge in [-0.2, -0.15) is 0 Å². The van der Waals surface area contributed by atoms with Gasteiger partial charge in [0.05, 0.1) is 19.3 Å². The van der Waals surface area contributed by atoms with Crippen LogP contribution in [0.5, 0.6) is 0 Å². The van der Waals surface area contributed by atoms with E-state index >= 15 is 0 Å². The van der Waals surface area contributed by atoms with Gasteiger partial charge in [-0.05, 0) is 12.1 Å². The lowest BCUT2D eigenvalue weighted by Gasteiger charge is -2.18. The fraction of sp³-hybridized carbons (Fsp3) is 0.357. The van der Waals surface area contributed by atoms with Crippen LogP contribution in [0, 0.1) is 5.92 Å². The third-order valence-electron chi connectivity index (χ3n) is 2.99. The Morgan fingerprint density at radius 1 is 1.43 bits per heavy atom. The highest BCUT2D eigenvalue weighted by Crippen LogP contribution is 2.21. The Morgan fingerprint density at radius 2 is 2.19 bits per heavy atom. The van der Waals surface area contributed by atoms with Crippen LogP contribution in [0.1, 0.15) is 17.4 Å². The number of ether oxygens (including phenoxy) is 1. The molecule has 2 rings (SSSR count). The molecule has 2 aromatic heterocycles. The number of hydrogen-bond donors (Lipinski definition) is 0. The number of carbonyl (C=O) groups excluding carboxylic acids is 2. The predicted molar refractivity (Wildman–Crippen MR) is 72.3 cm³/mol. The highest BCUT2D eigenvalue weighted by atomic mass is 16.5. The lowest BCUT2D eigenvalue weighted by Crippen LogP contribution is -2.34. The minimum atomic E-state index is -0.416. The number of nitrogens with zero attached hydrogens (tertiary/aromatic N) is 2. The summed E-state index contributed by atoms with van der Waals surface area (Å²) in [5, 5.41) is 3.72. The lowest BCUT2D eigenvalue weighted by atomic mass is 10.1. The van der Waals surface area contributed by atoms with Crippen molar-refractivity contribution < 1.29 is 23.3 Å². The van der Waals surface area contributed by atoms with Crippen LogP contribution in [0.15, 0.2) is 33.4 Å². The Balaban J connectivity index is 2.04. The Bertz CT molecular complexity index is 617. The van der Waals surface area contributed by atoms with Gasteiger partial charge in [0.25, 0.3) is 5.91 Å². The van der Waals surface area contributed by atoms with Crippen molar-refractivity contribution in [1.82, 2.24) is 10.1 Å². The van der Waals surface area contributed by atoms with E-state index in [9.17, 15) is 9.59 Å². The molecule has 0 saturated carbocycles. The average Bonchev–Trinajstić information content (AvgIpc) is 3.15. The van der Waals surface area contributed by atoms with Crippen molar-refractivity contribution in [3.8, 4) is 11.5 Å².